The Labute approximate surface area is 151 Å². The molecular weight excluding hydrogens is 302 g/mol. The third kappa shape index (κ3) is 3.64. The Kier molecular flexibility index (Phi) is 4.88. The minimum absolute atomic E-state index is 0.722. The molecule has 0 amide bonds. The molecule has 128 valence electrons. The normalized spacial score (nSPS) is 24.1. The van der Waals surface area contributed by atoms with Crippen LogP contribution >= 0.6 is 0 Å². The molecule has 0 aromatic heterocycles. The molecule has 0 radical (unpaired) electrons. The van der Waals surface area contributed by atoms with Gasteiger partial charge in [0.15, 0.2) is 0 Å². The molecule has 0 spiro atoms. The number of rotatable bonds is 3. The van der Waals surface area contributed by atoms with Crippen LogP contribution in [0.5, 0.6) is 0 Å². The quantitative estimate of drug-likeness (QED) is 0.615. The van der Waals surface area contributed by atoms with Crippen molar-refractivity contribution >= 4 is 0 Å². The molecule has 2 aliphatic carbocycles. The van der Waals surface area contributed by atoms with Crippen molar-refractivity contribution in [2.24, 2.45) is 11.8 Å². The molecule has 1 heteroatoms. The Morgan fingerprint density at radius 2 is 1.16 bits per heavy atom. The second-order valence-electron chi connectivity index (χ2n) is 7.97. The van der Waals surface area contributed by atoms with E-state index >= 15 is 0 Å². The number of nitrogens with zero attached hydrogens (tertiary/aromatic N) is 1. The lowest BCUT2D eigenvalue weighted by Crippen LogP contribution is -2.19. The highest BCUT2D eigenvalue weighted by molar-refractivity contribution is 5.64. The van der Waals surface area contributed by atoms with Gasteiger partial charge in [-0.05, 0) is 72.3 Å². The largest absolute Gasteiger partial charge is 0.192 e. The molecule has 0 bridgehead atoms. The topological polar surface area (TPSA) is 23.8 Å². The van der Waals surface area contributed by atoms with Gasteiger partial charge < -0.3 is 0 Å². The molecule has 0 N–H and O–H groups in total. The van der Waals surface area contributed by atoms with Crippen LogP contribution in [0.15, 0.2) is 48.5 Å². The summed E-state index contributed by atoms with van der Waals surface area (Å²) in [6.07, 6.45) is 11.6. The Morgan fingerprint density at radius 1 is 0.640 bits per heavy atom. The van der Waals surface area contributed by atoms with Gasteiger partial charge in [-0.25, -0.2) is 0 Å². The van der Waals surface area contributed by atoms with Gasteiger partial charge in [-0.3, -0.25) is 0 Å². The van der Waals surface area contributed by atoms with Gasteiger partial charge in [0.2, 0.25) is 0 Å². The number of nitriles is 1. The summed E-state index contributed by atoms with van der Waals surface area (Å²) in [4.78, 5) is 0. The third-order valence-corrected chi connectivity index (χ3v) is 6.57. The number of hydrogen-bond donors (Lipinski definition) is 0. The lowest BCUT2D eigenvalue weighted by Gasteiger charge is -2.32. The van der Waals surface area contributed by atoms with Crippen LogP contribution in [-0.2, 0) is 0 Å². The van der Waals surface area contributed by atoms with Gasteiger partial charge in [0, 0.05) is 0 Å². The van der Waals surface area contributed by atoms with Crippen LogP contribution in [0.2, 0.25) is 0 Å². The highest BCUT2D eigenvalue weighted by Crippen LogP contribution is 2.43. The van der Waals surface area contributed by atoms with Gasteiger partial charge in [-0.1, -0.05) is 62.1 Å². The molecule has 0 heterocycles. The highest BCUT2D eigenvalue weighted by atomic mass is 14.3. The summed E-state index contributed by atoms with van der Waals surface area (Å²) in [5, 5.41) is 8.92. The standard InChI is InChI=1S/C24H27N/c25-17-18-5-7-20(8-6-18)22-13-15-24(16-14-22)23-11-9-21(10-12-23)19-3-1-2-4-19/h5-8,13-16,19,21,23H,1-4,9-12H2/t21-,23-. The highest BCUT2D eigenvalue weighted by Gasteiger charge is 2.29. The van der Waals surface area contributed by atoms with Crippen molar-refractivity contribution in [3.63, 3.8) is 0 Å². The Morgan fingerprint density at radius 3 is 1.72 bits per heavy atom. The molecule has 0 unspecified atom stereocenters. The first-order valence-electron chi connectivity index (χ1n) is 9.94. The maximum atomic E-state index is 8.92. The smallest absolute Gasteiger partial charge is 0.0991 e. The van der Waals surface area contributed by atoms with Crippen molar-refractivity contribution in [2.45, 2.75) is 57.3 Å². The maximum absolute atomic E-state index is 8.92. The lowest BCUT2D eigenvalue weighted by atomic mass is 9.73. The zero-order valence-corrected chi connectivity index (χ0v) is 15.0. The van der Waals surface area contributed by atoms with E-state index in [1.807, 2.05) is 24.3 Å². The summed E-state index contributed by atoms with van der Waals surface area (Å²) < 4.78 is 0. The molecule has 0 saturated heterocycles. The van der Waals surface area contributed by atoms with Gasteiger partial charge in [0.1, 0.15) is 0 Å². The fraction of sp³-hybridized carbons (Fsp3) is 0.458. The summed E-state index contributed by atoms with van der Waals surface area (Å²) >= 11 is 0. The molecular formula is C24H27N. The van der Waals surface area contributed by atoms with Crippen molar-refractivity contribution in [3.8, 4) is 17.2 Å². The van der Waals surface area contributed by atoms with Gasteiger partial charge in [-0.15, -0.1) is 0 Å². The molecule has 2 saturated carbocycles. The summed E-state index contributed by atoms with van der Waals surface area (Å²) in [6, 6.07) is 19.2. The fourth-order valence-corrected chi connectivity index (χ4v) is 5.04. The van der Waals surface area contributed by atoms with E-state index in [0.29, 0.717) is 0 Å². The van der Waals surface area contributed by atoms with E-state index in [4.69, 9.17) is 5.26 Å². The molecule has 1 nitrogen and oxygen atoms in total. The predicted molar refractivity (Wildman–Crippen MR) is 103 cm³/mol. The van der Waals surface area contributed by atoms with Crippen molar-refractivity contribution in [3.05, 3.63) is 59.7 Å². The summed E-state index contributed by atoms with van der Waals surface area (Å²) in [6.45, 7) is 0. The first-order chi connectivity index (χ1) is 12.3. The Bertz CT molecular complexity index is 721. The summed E-state index contributed by atoms with van der Waals surface area (Å²) in [7, 11) is 0. The second-order valence-corrected chi connectivity index (χ2v) is 7.97. The van der Waals surface area contributed by atoms with E-state index in [1.165, 1.54) is 68.1 Å². The average molecular weight is 329 g/mol. The average Bonchev–Trinajstić information content (AvgIpc) is 3.23. The van der Waals surface area contributed by atoms with E-state index in [1.54, 1.807) is 0 Å². The zero-order chi connectivity index (χ0) is 17.1. The van der Waals surface area contributed by atoms with Crippen molar-refractivity contribution < 1.29 is 0 Å². The maximum Gasteiger partial charge on any atom is 0.0991 e. The van der Waals surface area contributed by atoms with Crippen LogP contribution in [0.4, 0.5) is 0 Å². The minimum atomic E-state index is 0.722. The Hall–Kier alpha value is -2.07. The number of benzene rings is 2. The van der Waals surface area contributed by atoms with E-state index in [9.17, 15) is 0 Å². The third-order valence-electron chi connectivity index (χ3n) is 6.57. The van der Waals surface area contributed by atoms with Crippen LogP contribution in [0, 0.1) is 23.2 Å². The zero-order valence-electron chi connectivity index (χ0n) is 15.0. The van der Waals surface area contributed by atoms with Gasteiger partial charge in [0.25, 0.3) is 0 Å². The lowest BCUT2D eigenvalue weighted by molar-refractivity contribution is 0.235. The SMILES string of the molecule is N#Cc1ccc(-c2ccc([C@H]3CC[C@H](C4CCCC4)CC3)cc2)cc1. The van der Waals surface area contributed by atoms with Crippen LogP contribution < -0.4 is 0 Å². The van der Waals surface area contributed by atoms with E-state index in [2.05, 4.69) is 30.3 Å². The van der Waals surface area contributed by atoms with Crippen molar-refractivity contribution in [1.82, 2.24) is 0 Å². The fourth-order valence-electron chi connectivity index (χ4n) is 5.04. The van der Waals surface area contributed by atoms with Crippen LogP contribution in [0.1, 0.15) is 68.4 Å². The van der Waals surface area contributed by atoms with Gasteiger partial charge >= 0.3 is 0 Å². The molecule has 2 fully saturated rings. The Balaban J connectivity index is 1.39. The number of hydrogen-bond acceptors (Lipinski definition) is 1. The molecule has 0 aliphatic heterocycles. The van der Waals surface area contributed by atoms with Crippen LogP contribution in [0.3, 0.4) is 0 Å². The molecule has 2 aliphatic rings. The minimum Gasteiger partial charge on any atom is -0.192 e. The van der Waals surface area contributed by atoms with E-state index in [-0.39, 0.29) is 0 Å². The first kappa shape index (κ1) is 16.4. The molecule has 2 aromatic carbocycles. The second kappa shape index (κ2) is 7.44. The monoisotopic (exact) mass is 329 g/mol. The van der Waals surface area contributed by atoms with Crippen LogP contribution in [0.25, 0.3) is 11.1 Å². The predicted octanol–water partition coefficient (Wildman–Crippen LogP) is 6.69. The van der Waals surface area contributed by atoms with E-state index < -0.39 is 0 Å². The molecule has 25 heavy (non-hydrogen) atoms. The first-order valence-corrected chi connectivity index (χ1v) is 9.94. The van der Waals surface area contributed by atoms with Gasteiger partial charge in [-0.2, -0.15) is 5.26 Å². The van der Waals surface area contributed by atoms with Crippen molar-refractivity contribution in [2.75, 3.05) is 0 Å². The molecule has 0 atom stereocenters. The molecule has 4 rings (SSSR count). The van der Waals surface area contributed by atoms with Gasteiger partial charge in [0.05, 0.1) is 11.6 Å². The summed E-state index contributed by atoms with van der Waals surface area (Å²) in [5.41, 5.74) is 4.67. The van der Waals surface area contributed by atoms with Crippen molar-refractivity contribution in [1.29, 1.82) is 5.26 Å². The van der Waals surface area contributed by atoms with E-state index in [0.717, 1.165) is 23.3 Å². The molecule has 2 aromatic rings. The van der Waals surface area contributed by atoms with Crippen LogP contribution in [-0.4, -0.2) is 0 Å². The summed E-state index contributed by atoms with van der Waals surface area (Å²) in [5.74, 6) is 2.81.